The molecule has 0 amide bonds. The summed E-state index contributed by atoms with van der Waals surface area (Å²) in [7, 11) is 0. The molecule has 3 rings (SSSR count). The minimum Gasteiger partial charge on any atom is -0.322 e. The molecule has 0 unspecified atom stereocenters. The van der Waals surface area contributed by atoms with E-state index in [1.54, 1.807) is 0 Å². The van der Waals surface area contributed by atoms with Crippen LogP contribution in [0.15, 0.2) is 53.3 Å². The maximum atomic E-state index is 11.8. The topological polar surface area (TPSA) is 56.6 Å². The van der Waals surface area contributed by atoms with Crippen LogP contribution in [0.5, 0.6) is 0 Å². The molecule has 0 aliphatic rings. The maximum Gasteiger partial charge on any atom is 0.251 e. The van der Waals surface area contributed by atoms with Gasteiger partial charge in [0, 0.05) is 11.1 Å². The van der Waals surface area contributed by atoms with Gasteiger partial charge in [0.2, 0.25) is 0 Å². The number of H-pyrrole nitrogens is 1. The van der Waals surface area contributed by atoms with Gasteiger partial charge in [0.25, 0.3) is 5.56 Å². The van der Waals surface area contributed by atoms with Crippen molar-refractivity contribution in [2.24, 2.45) is 0 Å². The second-order valence-electron chi connectivity index (χ2n) is 6.05. The number of aryl methyl sites for hydroxylation is 1. The molecule has 0 aliphatic carbocycles. The fourth-order valence-corrected chi connectivity index (χ4v) is 2.87. The Morgan fingerprint density at radius 2 is 2.00 bits per heavy atom. The van der Waals surface area contributed by atoms with Crippen LogP contribution in [0, 0.1) is 18.3 Å². The van der Waals surface area contributed by atoms with Crippen molar-refractivity contribution < 1.29 is 0 Å². The molecule has 23 heavy (non-hydrogen) atoms. The number of hydrogen-bond acceptors (Lipinski definition) is 2. The molecule has 1 aromatic heterocycles. The maximum absolute atomic E-state index is 11.8. The molecule has 114 valence electrons. The summed E-state index contributed by atoms with van der Waals surface area (Å²) in [5.74, 6) is 0.304. The fourth-order valence-electron chi connectivity index (χ4n) is 2.87. The Morgan fingerprint density at radius 1 is 1.17 bits per heavy atom. The SMILES string of the molecule is Cc1cc2ccc([C@@H](C)Cc3cccc(C#N)c3)cc2[nH]c1=O. The second-order valence-corrected chi connectivity index (χ2v) is 6.05. The third-order valence-electron chi connectivity index (χ3n) is 4.22. The zero-order chi connectivity index (χ0) is 16.4. The van der Waals surface area contributed by atoms with Crippen LogP contribution in [0.3, 0.4) is 0 Å². The minimum absolute atomic E-state index is 0.0379. The number of aromatic amines is 1. The van der Waals surface area contributed by atoms with Crippen LogP contribution in [0.1, 0.15) is 35.1 Å². The van der Waals surface area contributed by atoms with E-state index >= 15 is 0 Å². The number of fused-ring (bicyclic) bond motifs is 1. The molecule has 1 atom stereocenters. The molecular formula is C20H18N2O. The van der Waals surface area contributed by atoms with Gasteiger partial charge in [0.15, 0.2) is 0 Å². The Balaban J connectivity index is 1.91. The van der Waals surface area contributed by atoms with E-state index in [1.165, 1.54) is 5.56 Å². The summed E-state index contributed by atoms with van der Waals surface area (Å²) in [6.45, 7) is 3.98. The first kappa shape index (κ1) is 15.1. The van der Waals surface area contributed by atoms with Crippen LogP contribution >= 0.6 is 0 Å². The normalized spacial score (nSPS) is 12.0. The van der Waals surface area contributed by atoms with Crippen LogP contribution in [-0.4, -0.2) is 4.98 Å². The van der Waals surface area contributed by atoms with E-state index in [0.29, 0.717) is 11.5 Å². The molecule has 0 saturated carbocycles. The van der Waals surface area contributed by atoms with Crippen molar-refractivity contribution in [2.45, 2.75) is 26.2 Å². The Kier molecular flexibility index (Phi) is 3.99. The standard InChI is InChI=1S/C20H18N2O/c1-13(8-15-4-3-5-16(10-15)12-21)17-6-7-18-9-14(2)20(23)22-19(18)11-17/h3-7,9-11,13H,8H2,1-2H3,(H,22,23)/t13-/m0/s1. The number of hydrogen-bond donors (Lipinski definition) is 1. The largest absolute Gasteiger partial charge is 0.322 e. The number of aromatic nitrogens is 1. The highest BCUT2D eigenvalue weighted by molar-refractivity contribution is 5.79. The van der Waals surface area contributed by atoms with E-state index < -0.39 is 0 Å². The lowest BCUT2D eigenvalue weighted by Gasteiger charge is -2.13. The predicted octanol–water partition coefficient (Wildman–Crippen LogP) is 4.05. The van der Waals surface area contributed by atoms with Gasteiger partial charge in [-0.25, -0.2) is 0 Å². The lowest BCUT2D eigenvalue weighted by atomic mass is 9.92. The van der Waals surface area contributed by atoms with E-state index in [9.17, 15) is 4.79 Å². The molecular weight excluding hydrogens is 284 g/mol. The number of nitrogens with zero attached hydrogens (tertiary/aromatic N) is 1. The summed E-state index contributed by atoms with van der Waals surface area (Å²) in [5.41, 5.74) is 4.58. The molecule has 0 radical (unpaired) electrons. The van der Waals surface area contributed by atoms with E-state index in [1.807, 2.05) is 37.3 Å². The van der Waals surface area contributed by atoms with Gasteiger partial charge in [0.1, 0.15) is 0 Å². The Labute approximate surface area is 135 Å². The van der Waals surface area contributed by atoms with E-state index in [-0.39, 0.29) is 5.56 Å². The van der Waals surface area contributed by atoms with E-state index in [4.69, 9.17) is 5.26 Å². The highest BCUT2D eigenvalue weighted by Crippen LogP contribution is 2.24. The van der Waals surface area contributed by atoms with Crippen LogP contribution < -0.4 is 5.56 Å². The van der Waals surface area contributed by atoms with Crippen molar-refractivity contribution in [1.82, 2.24) is 4.98 Å². The van der Waals surface area contributed by atoms with Crippen LogP contribution in [0.25, 0.3) is 10.9 Å². The predicted molar refractivity (Wildman–Crippen MR) is 92.6 cm³/mol. The van der Waals surface area contributed by atoms with Crippen LogP contribution in [0.4, 0.5) is 0 Å². The van der Waals surface area contributed by atoms with Gasteiger partial charge in [-0.15, -0.1) is 0 Å². The van der Waals surface area contributed by atoms with Crippen molar-refractivity contribution in [3.05, 3.63) is 81.1 Å². The highest BCUT2D eigenvalue weighted by Gasteiger charge is 2.09. The van der Waals surface area contributed by atoms with Crippen molar-refractivity contribution in [3.8, 4) is 6.07 Å². The zero-order valence-corrected chi connectivity index (χ0v) is 13.3. The summed E-state index contributed by atoms with van der Waals surface area (Å²) in [6, 6.07) is 18.0. The van der Waals surface area contributed by atoms with Gasteiger partial charge >= 0.3 is 0 Å². The summed E-state index contributed by atoms with van der Waals surface area (Å²) in [4.78, 5) is 14.7. The number of pyridine rings is 1. The molecule has 3 nitrogen and oxygen atoms in total. The zero-order valence-electron chi connectivity index (χ0n) is 13.3. The average Bonchev–Trinajstić information content (AvgIpc) is 2.55. The minimum atomic E-state index is -0.0379. The first-order chi connectivity index (χ1) is 11.1. The summed E-state index contributed by atoms with van der Waals surface area (Å²) in [5, 5.41) is 10.0. The quantitative estimate of drug-likeness (QED) is 0.793. The van der Waals surface area contributed by atoms with Gasteiger partial charge in [-0.05, 0) is 60.0 Å². The molecule has 3 heteroatoms. The van der Waals surface area contributed by atoms with E-state index in [2.05, 4.69) is 36.2 Å². The molecule has 0 saturated heterocycles. The molecule has 0 spiro atoms. The Hall–Kier alpha value is -2.86. The molecule has 1 N–H and O–H groups in total. The van der Waals surface area contributed by atoms with Gasteiger partial charge < -0.3 is 4.98 Å². The van der Waals surface area contributed by atoms with Gasteiger partial charge in [0.05, 0.1) is 11.6 Å². The van der Waals surface area contributed by atoms with Crippen molar-refractivity contribution in [3.63, 3.8) is 0 Å². The molecule has 1 heterocycles. The van der Waals surface area contributed by atoms with E-state index in [0.717, 1.165) is 28.5 Å². The summed E-state index contributed by atoms with van der Waals surface area (Å²) >= 11 is 0. The van der Waals surface area contributed by atoms with Gasteiger partial charge in [-0.3, -0.25) is 4.79 Å². The molecule has 0 aliphatic heterocycles. The summed E-state index contributed by atoms with van der Waals surface area (Å²) < 4.78 is 0. The van der Waals surface area contributed by atoms with Gasteiger partial charge in [-0.2, -0.15) is 5.26 Å². The van der Waals surface area contributed by atoms with Crippen LogP contribution in [0.2, 0.25) is 0 Å². The number of nitrogens with one attached hydrogen (secondary N) is 1. The number of rotatable bonds is 3. The molecule has 3 aromatic rings. The lowest BCUT2D eigenvalue weighted by molar-refractivity contribution is 0.760. The average molecular weight is 302 g/mol. The monoisotopic (exact) mass is 302 g/mol. The third kappa shape index (κ3) is 3.17. The molecule has 0 bridgehead atoms. The molecule has 0 fully saturated rings. The number of benzene rings is 2. The third-order valence-corrected chi connectivity index (χ3v) is 4.22. The smallest absolute Gasteiger partial charge is 0.251 e. The lowest BCUT2D eigenvalue weighted by Crippen LogP contribution is -2.09. The van der Waals surface area contributed by atoms with Gasteiger partial charge in [-0.1, -0.05) is 31.2 Å². The van der Waals surface area contributed by atoms with Crippen molar-refractivity contribution in [1.29, 1.82) is 5.26 Å². The molecule has 2 aromatic carbocycles. The van der Waals surface area contributed by atoms with Crippen LogP contribution in [-0.2, 0) is 6.42 Å². The first-order valence-electron chi connectivity index (χ1n) is 7.69. The Morgan fingerprint density at radius 3 is 2.78 bits per heavy atom. The second kappa shape index (κ2) is 6.10. The van der Waals surface area contributed by atoms with Crippen molar-refractivity contribution >= 4 is 10.9 Å². The van der Waals surface area contributed by atoms with Crippen molar-refractivity contribution in [2.75, 3.05) is 0 Å². The first-order valence-corrected chi connectivity index (χ1v) is 7.69. The fraction of sp³-hybridized carbons (Fsp3) is 0.200. The highest BCUT2D eigenvalue weighted by atomic mass is 16.1. The number of nitriles is 1. The Bertz CT molecular complexity index is 963. The summed E-state index contributed by atoms with van der Waals surface area (Å²) in [6.07, 6.45) is 0.858.